The fourth-order valence-corrected chi connectivity index (χ4v) is 1.13. The molecule has 2 heteroatoms. The molecule has 0 fully saturated rings. The van der Waals surface area contributed by atoms with E-state index >= 15 is 0 Å². The van der Waals surface area contributed by atoms with Gasteiger partial charge < -0.3 is 4.74 Å². The van der Waals surface area contributed by atoms with E-state index in [2.05, 4.69) is 54.2 Å². The molecule has 1 aromatic rings. The van der Waals surface area contributed by atoms with Crippen molar-refractivity contribution in [3.63, 3.8) is 0 Å². The van der Waals surface area contributed by atoms with Crippen molar-refractivity contribution < 1.29 is 4.74 Å². The lowest BCUT2D eigenvalue weighted by Crippen LogP contribution is -2.22. The summed E-state index contributed by atoms with van der Waals surface area (Å²) in [5.74, 6) is 0. The number of rotatable bonds is 1. The summed E-state index contributed by atoms with van der Waals surface area (Å²) in [5.41, 5.74) is 0. The van der Waals surface area contributed by atoms with Gasteiger partial charge in [0.2, 0.25) is 0 Å². The van der Waals surface area contributed by atoms with Gasteiger partial charge in [-0.05, 0) is 24.3 Å². The number of hydrogen-bond donors (Lipinski definition) is 0. The van der Waals surface area contributed by atoms with Gasteiger partial charge in [-0.2, -0.15) is 5.26 Å². The maximum absolute atomic E-state index is 7.40. The van der Waals surface area contributed by atoms with Gasteiger partial charge in [0.15, 0.2) is 0 Å². The second-order valence-electron chi connectivity index (χ2n) is 2.91. The fraction of sp³-hybridized carbons (Fsp3) is 0.312. The van der Waals surface area contributed by atoms with Crippen LogP contribution < -0.4 is 10.4 Å². The van der Waals surface area contributed by atoms with Crippen LogP contribution in [0.3, 0.4) is 0 Å². The van der Waals surface area contributed by atoms with Crippen LogP contribution >= 0.6 is 0 Å². The molecule has 18 heavy (non-hydrogen) atoms. The van der Waals surface area contributed by atoms with E-state index in [0.717, 1.165) is 0 Å². The number of allylic oxidation sites excluding steroid dienone is 2. The molecule has 0 spiro atoms. The average molecular weight is 245 g/mol. The Hall–Kier alpha value is -2.01. The van der Waals surface area contributed by atoms with Gasteiger partial charge >= 0.3 is 0 Å². The summed E-state index contributed by atoms with van der Waals surface area (Å²) in [6, 6.07) is 8.36. The molecule has 0 amide bonds. The van der Waals surface area contributed by atoms with Crippen molar-refractivity contribution in [3.8, 4) is 6.26 Å². The molecule has 0 aromatic heterocycles. The van der Waals surface area contributed by atoms with Crippen LogP contribution in [0.4, 0.5) is 0 Å². The van der Waals surface area contributed by atoms with Gasteiger partial charge in [-0.1, -0.05) is 62.4 Å². The molecule has 1 aromatic carbocycles. The molecule has 0 saturated heterocycles. The molecule has 0 aliphatic rings. The van der Waals surface area contributed by atoms with Crippen LogP contribution in [0.2, 0.25) is 0 Å². The van der Waals surface area contributed by atoms with Crippen LogP contribution in [0, 0.1) is 11.5 Å². The Bertz CT molecular complexity index is 467. The molecule has 0 aliphatic heterocycles. The van der Waals surface area contributed by atoms with Crippen molar-refractivity contribution in [1.29, 1.82) is 5.26 Å². The second kappa shape index (κ2) is 15.0. The summed E-state index contributed by atoms with van der Waals surface area (Å²) < 4.78 is 3.85. The third kappa shape index (κ3) is 9.23. The van der Waals surface area contributed by atoms with Crippen LogP contribution in [0.1, 0.15) is 27.7 Å². The normalized spacial score (nSPS) is 10.9. The zero-order chi connectivity index (χ0) is 14.2. The highest BCUT2D eigenvalue weighted by Crippen LogP contribution is 1.74. The Morgan fingerprint density at radius 1 is 1.11 bits per heavy atom. The Labute approximate surface area is 111 Å². The third-order valence-electron chi connectivity index (χ3n) is 1.87. The van der Waals surface area contributed by atoms with Crippen LogP contribution in [-0.4, -0.2) is 7.11 Å². The zero-order valence-corrected chi connectivity index (χ0v) is 12.0. The van der Waals surface area contributed by atoms with Gasteiger partial charge in [-0.25, -0.2) is 0 Å². The van der Waals surface area contributed by atoms with Crippen LogP contribution in [0.25, 0.3) is 12.2 Å². The van der Waals surface area contributed by atoms with Crippen LogP contribution in [0.15, 0.2) is 36.4 Å². The first-order chi connectivity index (χ1) is 8.79. The predicted octanol–water partition coefficient (Wildman–Crippen LogP) is 2.98. The Balaban J connectivity index is 0. The number of methoxy groups -OCH3 is 1. The summed E-state index contributed by atoms with van der Waals surface area (Å²) in [5, 5.41) is 9.97. The minimum Gasteiger partial charge on any atom is -0.431 e. The summed E-state index contributed by atoms with van der Waals surface area (Å²) in [4.78, 5) is 0. The number of nitriles is 1. The van der Waals surface area contributed by atoms with Crippen molar-refractivity contribution >= 4 is 12.2 Å². The Morgan fingerprint density at radius 2 is 1.61 bits per heavy atom. The molecular formula is C16H23NO. The highest BCUT2D eigenvalue weighted by atomic mass is 16.5. The summed E-state index contributed by atoms with van der Waals surface area (Å²) in [6.07, 6.45) is 9.76. The Morgan fingerprint density at radius 3 is 2.00 bits per heavy atom. The van der Waals surface area contributed by atoms with Crippen molar-refractivity contribution in [2.24, 2.45) is 0 Å². The average Bonchev–Trinajstić information content (AvgIpc) is 2.47. The molecule has 1 rings (SSSR count). The van der Waals surface area contributed by atoms with Gasteiger partial charge in [0.05, 0.1) is 7.11 Å². The maximum Gasteiger partial charge on any atom is 0.286 e. The van der Waals surface area contributed by atoms with E-state index in [1.54, 1.807) is 0 Å². The smallest absolute Gasteiger partial charge is 0.286 e. The third-order valence-corrected chi connectivity index (χ3v) is 1.87. The van der Waals surface area contributed by atoms with Crippen LogP contribution in [0.5, 0.6) is 0 Å². The highest BCUT2D eigenvalue weighted by Gasteiger charge is 1.78. The lowest BCUT2D eigenvalue weighted by molar-refractivity contribution is 0.362. The summed E-state index contributed by atoms with van der Waals surface area (Å²) >= 11 is 0. The van der Waals surface area contributed by atoms with E-state index in [9.17, 15) is 0 Å². The van der Waals surface area contributed by atoms with Crippen molar-refractivity contribution in [3.05, 3.63) is 46.9 Å². The lowest BCUT2D eigenvalue weighted by Gasteiger charge is -1.86. The number of nitrogens with zero attached hydrogens (tertiary/aromatic N) is 1. The summed E-state index contributed by atoms with van der Waals surface area (Å²) in [6.45, 7) is 8.08. The SMILES string of the molecule is CC.COC#N.C\C=C/C=c1/cccc/c1=C/C. The number of hydrogen-bond acceptors (Lipinski definition) is 2. The number of benzene rings is 1. The first kappa shape index (κ1) is 18.4. The molecular weight excluding hydrogens is 222 g/mol. The molecule has 0 heterocycles. The van der Waals surface area contributed by atoms with E-state index in [4.69, 9.17) is 5.26 Å². The fourth-order valence-electron chi connectivity index (χ4n) is 1.13. The molecule has 0 aliphatic carbocycles. The zero-order valence-electron chi connectivity index (χ0n) is 12.0. The Kier molecular flexibility index (Phi) is 15.3. The number of ether oxygens (including phenoxy) is 1. The topological polar surface area (TPSA) is 33.0 Å². The molecule has 0 atom stereocenters. The van der Waals surface area contributed by atoms with Crippen molar-refractivity contribution in [1.82, 2.24) is 0 Å². The van der Waals surface area contributed by atoms with Crippen LogP contribution in [-0.2, 0) is 4.74 Å². The van der Waals surface area contributed by atoms with Gasteiger partial charge in [-0.3, -0.25) is 0 Å². The predicted molar refractivity (Wildman–Crippen MR) is 79.1 cm³/mol. The largest absolute Gasteiger partial charge is 0.431 e. The molecule has 0 saturated carbocycles. The van der Waals surface area contributed by atoms with Gasteiger partial charge in [0, 0.05) is 0 Å². The molecule has 0 unspecified atom stereocenters. The molecule has 0 N–H and O–H groups in total. The summed E-state index contributed by atoms with van der Waals surface area (Å²) in [7, 11) is 1.32. The van der Waals surface area contributed by atoms with E-state index in [0.29, 0.717) is 0 Å². The highest BCUT2D eigenvalue weighted by molar-refractivity contribution is 5.38. The minimum atomic E-state index is 1.28. The second-order valence-corrected chi connectivity index (χ2v) is 2.91. The maximum atomic E-state index is 7.40. The van der Waals surface area contributed by atoms with Crippen molar-refractivity contribution in [2.45, 2.75) is 27.7 Å². The first-order valence-corrected chi connectivity index (χ1v) is 6.06. The molecule has 0 bridgehead atoms. The van der Waals surface area contributed by atoms with E-state index < -0.39 is 0 Å². The standard InChI is InChI=1S/C12H14.C2H3NO.C2H6/c1-3-5-8-12-10-7-6-9-11(12)4-2;1-4-2-3;1-2/h3-10H,1-2H3;1H3;1-2H3/b5-3-,11-4-,12-8-;;. The van der Waals surface area contributed by atoms with E-state index in [1.165, 1.54) is 23.8 Å². The quantitative estimate of drug-likeness (QED) is 0.713. The van der Waals surface area contributed by atoms with Gasteiger partial charge in [-0.15, -0.1) is 0 Å². The molecule has 98 valence electrons. The van der Waals surface area contributed by atoms with E-state index in [1.807, 2.05) is 26.8 Å². The lowest BCUT2D eigenvalue weighted by atomic mass is 10.2. The van der Waals surface area contributed by atoms with Crippen molar-refractivity contribution in [2.75, 3.05) is 7.11 Å². The van der Waals surface area contributed by atoms with Gasteiger partial charge in [0.25, 0.3) is 6.26 Å². The minimum absolute atomic E-state index is 1.28. The van der Waals surface area contributed by atoms with E-state index in [-0.39, 0.29) is 0 Å². The molecule has 2 nitrogen and oxygen atoms in total. The van der Waals surface area contributed by atoms with Gasteiger partial charge in [0.1, 0.15) is 0 Å². The monoisotopic (exact) mass is 245 g/mol. The first-order valence-electron chi connectivity index (χ1n) is 6.06. The molecule has 0 radical (unpaired) electrons.